The van der Waals surface area contributed by atoms with Crippen molar-refractivity contribution in [3.05, 3.63) is 58.6 Å². The predicted octanol–water partition coefficient (Wildman–Crippen LogP) is 4.68. The molecule has 0 bridgehead atoms. The number of carbonyl (C=O) groups excluding carboxylic acids is 1. The molecule has 138 valence electrons. The molecule has 0 unspecified atom stereocenters. The normalized spacial score (nSPS) is 16.4. The molecule has 1 aliphatic carbocycles. The van der Waals surface area contributed by atoms with E-state index in [0.29, 0.717) is 42.0 Å². The third kappa shape index (κ3) is 3.26. The number of nitrogens with one attached hydrogen (secondary N) is 1. The van der Waals surface area contributed by atoms with Gasteiger partial charge in [-0.2, -0.15) is 0 Å². The minimum atomic E-state index is -3.83. The summed E-state index contributed by atoms with van der Waals surface area (Å²) in [6.45, 7) is 3.62. The first-order chi connectivity index (χ1) is 12.3. The van der Waals surface area contributed by atoms with Crippen LogP contribution in [0.3, 0.4) is 0 Å². The number of sulfone groups is 1. The van der Waals surface area contributed by atoms with Crippen LogP contribution in [0.4, 0.5) is 5.69 Å². The van der Waals surface area contributed by atoms with Crippen molar-refractivity contribution < 1.29 is 13.2 Å². The lowest BCUT2D eigenvalue weighted by atomic mass is 10.1. The molecule has 0 aliphatic heterocycles. The molecule has 2 aromatic carbocycles. The highest BCUT2D eigenvalue weighted by Gasteiger charge is 2.53. The molecule has 0 aromatic heterocycles. The molecular formula is C20H22ClNO3S. The molecule has 1 saturated carbocycles. The Morgan fingerprint density at radius 1 is 1.08 bits per heavy atom. The van der Waals surface area contributed by atoms with Gasteiger partial charge in [0.15, 0.2) is 14.6 Å². The Bertz CT molecular complexity index is 947. The van der Waals surface area contributed by atoms with Gasteiger partial charge in [0.2, 0.25) is 5.91 Å². The van der Waals surface area contributed by atoms with Crippen LogP contribution < -0.4 is 5.32 Å². The van der Waals surface area contributed by atoms with Gasteiger partial charge in [-0.1, -0.05) is 42.6 Å². The standard InChI is InChI=1S/C20H22ClNO3S/c1-14-8-9-15(2)18(12-14)26(24,25)20(10-3-4-11-20)19(23)22-17-7-5-6-16(21)13-17/h5-9,12-13H,3-4,10-11H2,1-2H3,(H,22,23). The van der Waals surface area contributed by atoms with Crippen LogP contribution in [0.1, 0.15) is 36.8 Å². The van der Waals surface area contributed by atoms with Gasteiger partial charge in [0.25, 0.3) is 0 Å². The van der Waals surface area contributed by atoms with Crippen LogP contribution in [-0.2, 0) is 14.6 Å². The number of carbonyl (C=O) groups is 1. The Kier molecular flexibility index (Phi) is 5.13. The predicted molar refractivity (Wildman–Crippen MR) is 104 cm³/mol. The van der Waals surface area contributed by atoms with E-state index in [1.807, 2.05) is 13.0 Å². The lowest BCUT2D eigenvalue weighted by molar-refractivity contribution is -0.118. The van der Waals surface area contributed by atoms with Crippen molar-refractivity contribution in [2.45, 2.75) is 49.2 Å². The number of rotatable bonds is 4. The second kappa shape index (κ2) is 7.05. The van der Waals surface area contributed by atoms with Crippen molar-refractivity contribution in [3.8, 4) is 0 Å². The highest BCUT2D eigenvalue weighted by atomic mass is 35.5. The zero-order valence-corrected chi connectivity index (χ0v) is 16.5. The van der Waals surface area contributed by atoms with Crippen LogP contribution in [0.5, 0.6) is 0 Å². The smallest absolute Gasteiger partial charge is 0.246 e. The average molecular weight is 392 g/mol. The number of amides is 1. The van der Waals surface area contributed by atoms with Gasteiger partial charge in [0, 0.05) is 10.7 Å². The van der Waals surface area contributed by atoms with Gasteiger partial charge in [-0.3, -0.25) is 4.79 Å². The van der Waals surface area contributed by atoms with Crippen molar-refractivity contribution in [1.82, 2.24) is 0 Å². The quantitative estimate of drug-likeness (QED) is 0.822. The molecule has 0 heterocycles. The van der Waals surface area contributed by atoms with E-state index >= 15 is 0 Å². The summed E-state index contributed by atoms with van der Waals surface area (Å²) in [6, 6.07) is 12.1. The van der Waals surface area contributed by atoms with E-state index < -0.39 is 20.5 Å². The van der Waals surface area contributed by atoms with E-state index in [1.54, 1.807) is 43.3 Å². The molecule has 6 heteroatoms. The summed E-state index contributed by atoms with van der Waals surface area (Å²) in [5, 5.41) is 3.26. The third-order valence-corrected chi connectivity index (χ3v) is 7.93. The van der Waals surface area contributed by atoms with E-state index in [-0.39, 0.29) is 4.90 Å². The summed E-state index contributed by atoms with van der Waals surface area (Å²) in [5.74, 6) is -0.474. The van der Waals surface area contributed by atoms with Gasteiger partial charge in [0.1, 0.15) is 0 Å². The number of anilines is 1. The largest absolute Gasteiger partial charge is 0.325 e. The van der Waals surface area contributed by atoms with E-state index in [1.165, 1.54) is 0 Å². The highest BCUT2D eigenvalue weighted by Crippen LogP contribution is 2.42. The summed E-state index contributed by atoms with van der Waals surface area (Å²) in [5.41, 5.74) is 2.03. The molecule has 3 rings (SSSR count). The fourth-order valence-electron chi connectivity index (χ4n) is 3.58. The molecule has 1 N–H and O–H groups in total. The summed E-state index contributed by atoms with van der Waals surface area (Å²) in [4.78, 5) is 13.4. The molecule has 2 aromatic rings. The zero-order chi connectivity index (χ0) is 18.9. The third-order valence-electron chi connectivity index (χ3n) is 5.06. The van der Waals surface area contributed by atoms with Gasteiger partial charge in [-0.15, -0.1) is 0 Å². The first-order valence-corrected chi connectivity index (χ1v) is 10.5. The van der Waals surface area contributed by atoms with Gasteiger partial charge in [-0.25, -0.2) is 8.42 Å². The lowest BCUT2D eigenvalue weighted by Crippen LogP contribution is -2.47. The number of hydrogen-bond acceptors (Lipinski definition) is 3. The summed E-state index contributed by atoms with van der Waals surface area (Å²) >= 11 is 5.98. The molecule has 26 heavy (non-hydrogen) atoms. The molecule has 0 atom stereocenters. The lowest BCUT2D eigenvalue weighted by Gasteiger charge is -2.28. The first-order valence-electron chi connectivity index (χ1n) is 8.65. The summed E-state index contributed by atoms with van der Waals surface area (Å²) in [7, 11) is -3.83. The molecule has 0 radical (unpaired) electrons. The van der Waals surface area contributed by atoms with Crippen LogP contribution in [-0.4, -0.2) is 19.1 Å². The van der Waals surface area contributed by atoms with Gasteiger partial charge in [0.05, 0.1) is 4.90 Å². The van der Waals surface area contributed by atoms with Crippen molar-refractivity contribution in [3.63, 3.8) is 0 Å². The van der Waals surface area contributed by atoms with Crippen LogP contribution in [0.2, 0.25) is 5.02 Å². The molecule has 1 aliphatic rings. The van der Waals surface area contributed by atoms with E-state index in [2.05, 4.69) is 5.32 Å². The maximum atomic E-state index is 13.5. The topological polar surface area (TPSA) is 63.2 Å². The molecule has 4 nitrogen and oxygen atoms in total. The average Bonchev–Trinajstić information content (AvgIpc) is 3.08. The number of hydrogen-bond donors (Lipinski definition) is 1. The van der Waals surface area contributed by atoms with E-state index in [0.717, 1.165) is 5.56 Å². The van der Waals surface area contributed by atoms with Gasteiger partial charge in [-0.05, 0) is 62.1 Å². The fraction of sp³-hybridized carbons (Fsp3) is 0.350. The van der Waals surface area contributed by atoms with Crippen LogP contribution in [0.15, 0.2) is 47.4 Å². The number of aryl methyl sites for hydroxylation is 2. The first kappa shape index (κ1) is 18.9. The van der Waals surface area contributed by atoms with Gasteiger partial charge < -0.3 is 5.32 Å². The monoisotopic (exact) mass is 391 g/mol. The Hall–Kier alpha value is -1.85. The molecule has 1 amide bonds. The van der Waals surface area contributed by atoms with Crippen molar-refractivity contribution >= 4 is 33.0 Å². The minimum Gasteiger partial charge on any atom is -0.325 e. The van der Waals surface area contributed by atoms with Crippen molar-refractivity contribution in [2.24, 2.45) is 0 Å². The summed E-state index contributed by atoms with van der Waals surface area (Å²) in [6.07, 6.45) is 2.09. The Morgan fingerprint density at radius 3 is 2.42 bits per heavy atom. The molecule has 1 fully saturated rings. The Labute approximate surface area is 159 Å². The number of halogens is 1. The SMILES string of the molecule is Cc1ccc(C)c(S(=O)(=O)C2(C(=O)Nc3cccc(Cl)c3)CCCC2)c1. The van der Waals surface area contributed by atoms with Crippen LogP contribution in [0, 0.1) is 13.8 Å². The highest BCUT2D eigenvalue weighted by molar-refractivity contribution is 7.93. The van der Waals surface area contributed by atoms with E-state index in [9.17, 15) is 13.2 Å². The molecular weight excluding hydrogens is 370 g/mol. The molecule has 0 saturated heterocycles. The van der Waals surface area contributed by atoms with Crippen molar-refractivity contribution in [2.75, 3.05) is 5.32 Å². The second-order valence-corrected chi connectivity index (χ2v) is 9.60. The maximum absolute atomic E-state index is 13.5. The van der Waals surface area contributed by atoms with Crippen LogP contribution in [0.25, 0.3) is 0 Å². The Morgan fingerprint density at radius 2 is 1.77 bits per heavy atom. The van der Waals surface area contributed by atoms with E-state index in [4.69, 9.17) is 11.6 Å². The molecule has 0 spiro atoms. The second-order valence-electron chi connectivity index (χ2n) is 6.94. The maximum Gasteiger partial charge on any atom is 0.246 e. The minimum absolute atomic E-state index is 0.251. The van der Waals surface area contributed by atoms with Crippen LogP contribution >= 0.6 is 11.6 Å². The van der Waals surface area contributed by atoms with Gasteiger partial charge >= 0.3 is 0 Å². The Balaban J connectivity index is 2.04. The number of benzene rings is 2. The van der Waals surface area contributed by atoms with Crippen molar-refractivity contribution in [1.29, 1.82) is 0 Å². The fourth-order valence-corrected chi connectivity index (χ4v) is 6.15. The summed E-state index contributed by atoms with van der Waals surface area (Å²) < 4.78 is 25.6. The zero-order valence-electron chi connectivity index (χ0n) is 14.9.